The van der Waals surface area contributed by atoms with Crippen molar-refractivity contribution in [1.82, 2.24) is 0 Å². The summed E-state index contributed by atoms with van der Waals surface area (Å²) >= 11 is 0. The molecule has 0 spiro atoms. The van der Waals surface area contributed by atoms with E-state index in [1.807, 2.05) is 0 Å². The Labute approximate surface area is 188 Å². The van der Waals surface area contributed by atoms with Crippen molar-refractivity contribution >= 4 is 11.6 Å². The number of carbonyl (C=O) groups excluding carboxylic acids is 1. The summed E-state index contributed by atoms with van der Waals surface area (Å²) in [6, 6.07) is 6.10. The summed E-state index contributed by atoms with van der Waals surface area (Å²) in [5.74, 6) is -0.0144. The van der Waals surface area contributed by atoms with Gasteiger partial charge in [-0.15, -0.1) is 0 Å². The largest absolute Gasteiger partial charge is 0.462 e. The van der Waals surface area contributed by atoms with Crippen LogP contribution in [0.25, 0.3) is 0 Å². The van der Waals surface area contributed by atoms with E-state index in [0.717, 1.165) is 0 Å². The van der Waals surface area contributed by atoms with E-state index < -0.39 is 74.6 Å². The second-order valence-electron chi connectivity index (χ2n) is 7.83. The number of aliphatic hydroxyl groups is 7. The molecule has 8 N–H and O–H groups in total. The van der Waals surface area contributed by atoms with Crippen molar-refractivity contribution in [1.29, 1.82) is 0 Å². The van der Waals surface area contributed by atoms with Crippen molar-refractivity contribution in [3.63, 3.8) is 0 Å². The van der Waals surface area contributed by atoms with Crippen LogP contribution in [-0.2, 0) is 19.0 Å². The number of carbonyl (C=O) groups is 1. The minimum atomic E-state index is -1.75. The van der Waals surface area contributed by atoms with Gasteiger partial charge in [0.2, 0.25) is 12.2 Å². The van der Waals surface area contributed by atoms with Gasteiger partial charge in [0.25, 0.3) is 0 Å². The smallest absolute Gasteiger partial charge is 0.229 e. The summed E-state index contributed by atoms with van der Waals surface area (Å²) < 4.78 is 21.8. The van der Waals surface area contributed by atoms with Crippen molar-refractivity contribution < 1.29 is 59.5 Å². The van der Waals surface area contributed by atoms with Gasteiger partial charge in [0, 0.05) is 12.6 Å². The fourth-order valence-corrected chi connectivity index (χ4v) is 3.61. The summed E-state index contributed by atoms with van der Waals surface area (Å²) in [6.07, 6.45) is -15.3. The van der Waals surface area contributed by atoms with Gasteiger partial charge in [-0.25, -0.2) is 0 Å². The van der Waals surface area contributed by atoms with Crippen molar-refractivity contribution in [3.8, 4) is 5.75 Å². The molecule has 10 atom stereocenters. The number of benzene rings is 1. The van der Waals surface area contributed by atoms with Crippen molar-refractivity contribution in [2.75, 3.05) is 18.5 Å². The van der Waals surface area contributed by atoms with Crippen LogP contribution in [0, 0.1) is 0 Å². The second-order valence-corrected chi connectivity index (χ2v) is 7.83. The lowest BCUT2D eigenvalue weighted by Crippen LogP contribution is -2.65. The van der Waals surface area contributed by atoms with Gasteiger partial charge >= 0.3 is 0 Å². The quantitative estimate of drug-likeness (QED) is 0.195. The molecule has 0 radical (unpaired) electrons. The highest BCUT2D eigenvalue weighted by Crippen LogP contribution is 2.30. The molecule has 0 bridgehead atoms. The highest BCUT2D eigenvalue weighted by Gasteiger charge is 2.51. The maximum atomic E-state index is 11.1. The van der Waals surface area contributed by atoms with E-state index in [0.29, 0.717) is 5.69 Å². The van der Waals surface area contributed by atoms with E-state index in [2.05, 4.69) is 5.32 Å². The maximum absolute atomic E-state index is 11.1. The zero-order chi connectivity index (χ0) is 24.3. The normalized spacial score (nSPS) is 39.2. The lowest BCUT2D eigenvalue weighted by atomic mass is 9.97. The molecule has 1 aromatic carbocycles. The molecule has 186 valence electrons. The summed E-state index contributed by atoms with van der Waals surface area (Å²) in [4.78, 5) is 11.1. The van der Waals surface area contributed by atoms with E-state index in [1.165, 1.54) is 19.1 Å². The standard InChI is InChI=1S/C20H29NO12/c1-8(24)21-9-2-4-10(5-3-9)30-19-17(29)15(27)18(12(7-23)32-19)33-20-16(28)14(26)13(25)11(6-22)31-20/h2-5,11-20,22-23,25-29H,6-7H2,1H3,(H,21,24)/t11?,12?,13-,14+,15?,16-,17?,18-,19+,20?/m1/s1. The Morgan fingerprint density at radius 1 is 0.848 bits per heavy atom. The molecule has 3 rings (SSSR count). The van der Waals surface area contributed by atoms with E-state index >= 15 is 0 Å². The van der Waals surface area contributed by atoms with Crippen LogP contribution in [0.3, 0.4) is 0 Å². The molecular weight excluding hydrogens is 446 g/mol. The SMILES string of the molecule is CC(=O)Nc1ccc(O[C@H]2OC(CO)[C@@H](OC3OC(CO)[C@@H](O)[C@H](O)[C@H]3O)C(O)C2O)cc1. The second kappa shape index (κ2) is 11.0. The molecule has 0 aromatic heterocycles. The number of ether oxygens (including phenoxy) is 4. The summed E-state index contributed by atoms with van der Waals surface area (Å²) in [7, 11) is 0. The predicted molar refractivity (Wildman–Crippen MR) is 108 cm³/mol. The average Bonchev–Trinajstić information content (AvgIpc) is 2.79. The van der Waals surface area contributed by atoms with Gasteiger partial charge in [-0.05, 0) is 24.3 Å². The molecule has 2 aliphatic rings. The molecular formula is C20H29NO12. The van der Waals surface area contributed by atoms with Gasteiger partial charge < -0.3 is 60.0 Å². The molecule has 0 aliphatic carbocycles. The van der Waals surface area contributed by atoms with Crippen LogP contribution >= 0.6 is 0 Å². The Bertz CT molecular complexity index is 775. The van der Waals surface area contributed by atoms with E-state index in [4.69, 9.17) is 18.9 Å². The number of aliphatic hydroxyl groups excluding tert-OH is 7. The Morgan fingerprint density at radius 3 is 2.00 bits per heavy atom. The molecule has 2 heterocycles. The van der Waals surface area contributed by atoms with Gasteiger partial charge in [0.15, 0.2) is 6.29 Å². The van der Waals surface area contributed by atoms with Crippen LogP contribution in [0.5, 0.6) is 5.75 Å². The van der Waals surface area contributed by atoms with Crippen LogP contribution in [-0.4, -0.2) is 116 Å². The molecule has 1 amide bonds. The van der Waals surface area contributed by atoms with Gasteiger partial charge in [0.1, 0.15) is 54.6 Å². The van der Waals surface area contributed by atoms with Crippen LogP contribution in [0.4, 0.5) is 5.69 Å². The molecule has 5 unspecified atom stereocenters. The fourth-order valence-electron chi connectivity index (χ4n) is 3.61. The minimum Gasteiger partial charge on any atom is -0.462 e. The number of hydrogen-bond donors (Lipinski definition) is 8. The molecule has 13 nitrogen and oxygen atoms in total. The number of hydrogen-bond acceptors (Lipinski definition) is 12. The molecule has 0 saturated carbocycles. The Hall–Kier alpha value is -1.91. The molecule has 2 aliphatic heterocycles. The van der Waals surface area contributed by atoms with Crippen LogP contribution in [0.1, 0.15) is 6.92 Å². The molecule has 33 heavy (non-hydrogen) atoms. The Kier molecular flexibility index (Phi) is 8.58. The highest BCUT2D eigenvalue weighted by molar-refractivity contribution is 5.88. The first-order chi connectivity index (χ1) is 15.7. The minimum absolute atomic E-state index is 0.241. The number of amides is 1. The van der Waals surface area contributed by atoms with Crippen molar-refractivity contribution in [3.05, 3.63) is 24.3 Å². The van der Waals surface area contributed by atoms with E-state index in [1.54, 1.807) is 12.1 Å². The van der Waals surface area contributed by atoms with E-state index in [9.17, 15) is 40.5 Å². The van der Waals surface area contributed by atoms with Gasteiger partial charge in [-0.3, -0.25) is 4.79 Å². The van der Waals surface area contributed by atoms with Gasteiger partial charge in [0.05, 0.1) is 13.2 Å². The van der Waals surface area contributed by atoms with E-state index in [-0.39, 0.29) is 11.7 Å². The maximum Gasteiger partial charge on any atom is 0.229 e. The van der Waals surface area contributed by atoms with Crippen molar-refractivity contribution in [2.45, 2.75) is 68.3 Å². The summed E-state index contributed by atoms with van der Waals surface area (Å²) in [5, 5.41) is 72.6. The average molecular weight is 475 g/mol. The molecule has 1 aromatic rings. The number of rotatable bonds is 7. The van der Waals surface area contributed by atoms with Crippen LogP contribution in [0.15, 0.2) is 24.3 Å². The highest BCUT2D eigenvalue weighted by atomic mass is 16.7. The summed E-state index contributed by atoms with van der Waals surface area (Å²) in [6.45, 7) is 0.000118. The fraction of sp³-hybridized carbons (Fsp3) is 0.650. The summed E-state index contributed by atoms with van der Waals surface area (Å²) in [5.41, 5.74) is 0.515. The van der Waals surface area contributed by atoms with Gasteiger partial charge in [-0.2, -0.15) is 0 Å². The first kappa shape index (κ1) is 25.7. The van der Waals surface area contributed by atoms with Crippen LogP contribution < -0.4 is 10.1 Å². The zero-order valence-corrected chi connectivity index (χ0v) is 17.7. The lowest BCUT2D eigenvalue weighted by Gasteiger charge is -2.45. The molecule has 2 saturated heterocycles. The zero-order valence-electron chi connectivity index (χ0n) is 17.7. The Balaban J connectivity index is 1.68. The van der Waals surface area contributed by atoms with Gasteiger partial charge in [-0.1, -0.05) is 0 Å². The first-order valence-electron chi connectivity index (χ1n) is 10.3. The third-order valence-corrected chi connectivity index (χ3v) is 5.39. The molecule has 13 heteroatoms. The van der Waals surface area contributed by atoms with Crippen molar-refractivity contribution in [2.24, 2.45) is 0 Å². The Morgan fingerprint density at radius 2 is 1.42 bits per heavy atom. The topological polar surface area (TPSA) is 208 Å². The monoisotopic (exact) mass is 475 g/mol. The lowest BCUT2D eigenvalue weighted by molar-refractivity contribution is -0.352. The van der Waals surface area contributed by atoms with Crippen LogP contribution in [0.2, 0.25) is 0 Å². The molecule has 2 fully saturated rings. The third-order valence-electron chi connectivity index (χ3n) is 5.39. The number of anilines is 1. The first-order valence-corrected chi connectivity index (χ1v) is 10.3. The number of nitrogens with one attached hydrogen (secondary N) is 1. The third kappa shape index (κ3) is 5.78. The predicted octanol–water partition coefficient (Wildman–Crippen LogP) is -3.35.